The summed E-state index contributed by atoms with van der Waals surface area (Å²) in [6.45, 7) is 2.34. The molecular formula is C12H16O4. The molecule has 1 aromatic rings. The zero-order chi connectivity index (χ0) is 11.5. The van der Waals surface area contributed by atoms with Crippen LogP contribution in [0.2, 0.25) is 0 Å². The summed E-state index contributed by atoms with van der Waals surface area (Å²) < 4.78 is 21.5. The van der Waals surface area contributed by atoms with Gasteiger partial charge in [-0.2, -0.15) is 0 Å². The van der Waals surface area contributed by atoms with Gasteiger partial charge in [-0.3, -0.25) is 0 Å². The average molecular weight is 224 g/mol. The zero-order valence-corrected chi connectivity index (χ0v) is 9.83. The van der Waals surface area contributed by atoms with Crippen LogP contribution in [0.1, 0.15) is 18.9 Å². The van der Waals surface area contributed by atoms with Gasteiger partial charge in [0.1, 0.15) is 0 Å². The first-order valence-electron chi connectivity index (χ1n) is 5.35. The molecule has 88 valence electrons. The van der Waals surface area contributed by atoms with E-state index in [2.05, 4.69) is 6.92 Å². The Kier molecular flexibility index (Phi) is 3.08. The molecule has 0 N–H and O–H groups in total. The van der Waals surface area contributed by atoms with Crippen LogP contribution in [-0.4, -0.2) is 21.0 Å². The molecule has 1 aromatic carbocycles. The van der Waals surface area contributed by atoms with Crippen LogP contribution >= 0.6 is 0 Å². The molecule has 0 saturated heterocycles. The Morgan fingerprint density at radius 3 is 2.56 bits per heavy atom. The van der Waals surface area contributed by atoms with Crippen molar-refractivity contribution in [2.45, 2.75) is 19.8 Å². The van der Waals surface area contributed by atoms with Crippen LogP contribution in [0, 0.1) is 0 Å². The highest BCUT2D eigenvalue weighted by Crippen LogP contribution is 2.49. The van der Waals surface area contributed by atoms with Gasteiger partial charge in [-0.05, 0) is 12.5 Å². The van der Waals surface area contributed by atoms with Gasteiger partial charge in [-0.25, -0.2) is 0 Å². The Morgan fingerprint density at radius 1 is 1.19 bits per heavy atom. The second kappa shape index (κ2) is 4.51. The summed E-state index contributed by atoms with van der Waals surface area (Å²) in [6, 6.07) is 1.95. The maximum Gasteiger partial charge on any atom is 0.231 e. The molecule has 0 aromatic heterocycles. The Hall–Kier alpha value is -1.58. The number of ether oxygens (including phenoxy) is 4. The molecule has 1 aliphatic heterocycles. The van der Waals surface area contributed by atoms with E-state index in [4.69, 9.17) is 18.9 Å². The van der Waals surface area contributed by atoms with Gasteiger partial charge in [0.25, 0.3) is 0 Å². The molecule has 0 unspecified atom stereocenters. The van der Waals surface area contributed by atoms with E-state index in [-0.39, 0.29) is 6.79 Å². The lowest BCUT2D eigenvalue weighted by Gasteiger charge is -2.13. The summed E-state index contributed by atoms with van der Waals surface area (Å²) >= 11 is 0. The third-order valence-corrected chi connectivity index (χ3v) is 2.58. The van der Waals surface area contributed by atoms with Crippen LogP contribution in [0.4, 0.5) is 0 Å². The standard InChI is InChI=1S/C12H16O4/c1-4-5-8-6-9(13-2)11-12(10(8)14-3)16-7-15-11/h6H,4-5,7H2,1-3H3. The van der Waals surface area contributed by atoms with Crippen molar-refractivity contribution in [3.8, 4) is 23.0 Å². The minimum atomic E-state index is 0.220. The van der Waals surface area contributed by atoms with Gasteiger partial charge in [0.2, 0.25) is 18.3 Å². The lowest BCUT2D eigenvalue weighted by atomic mass is 10.1. The minimum Gasteiger partial charge on any atom is -0.493 e. The quantitative estimate of drug-likeness (QED) is 0.786. The fourth-order valence-corrected chi connectivity index (χ4v) is 1.90. The van der Waals surface area contributed by atoms with Crippen LogP contribution in [0.15, 0.2) is 6.07 Å². The highest BCUT2D eigenvalue weighted by Gasteiger charge is 2.26. The first-order chi connectivity index (χ1) is 7.81. The molecule has 0 fully saturated rings. The van der Waals surface area contributed by atoms with Gasteiger partial charge < -0.3 is 18.9 Å². The van der Waals surface area contributed by atoms with E-state index < -0.39 is 0 Å². The normalized spacial score (nSPS) is 12.7. The molecule has 0 bridgehead atoms. The van der Waals surface area contributed by atoms with Gasteiger partial charge in [-0.15, -0.1) is 0 Å². The number of fused-ring (bicyclic) bond motifs is 1. The Bertz CT molecular complexity index is 387. The molecule has 0 atom stereocenters. The predicted octanol–water partition coefficient (Wildman–Crippen LogP) is 2.39. The molecule has 0 aliphatic carbocycles. The fraction of sp³-hybridized carbons (Fsp3) is 0.500. The highest BCUT2D eigenvalue weighted by molar-refractivity contribution is 5.63. The van der Waals surface area contributed by atoms with Crippen molar-refractivity contribution in [2.75, 3.05) is 21.0 Å². The number of methoxy groups -OCH3 is 2. The summed E-state index contributed by atoms with van der Waals surface area (Å²) in [4.78, 5) is 0. The van der Waals surface area contributed by atoms with Gasteiger partial charge in [-0.1, -0.05) is 13.3 Å². The van der Waals surface area contributed by atoms with E-state index in [1.54, 1.807) is 14.2 Å². The van der Waals surface area contributed by atoms with Crippen LogP contribution in [0.5, 0.6) is 23.0 Å². The molecule has 1 heterocycles. The second-order valence-electron chi connectivity index (χ2n) is 3.59. The molecule has 0 radical (unpaired) electrons. The van der Waals surface area contributed by atoms with Crippen LogP contribution < -0.4 is 18.9 Å². The summed E-state index contributed by atoms with van der Waals surface area (Å²) in [5, 5.41) is 0. The molecule has 0 spiro atoms. The van der Waals surface area contributed by atoms with E-state index in [9.17, 15) is 0 Å². The molecule has 2 rings (SSSR count). The molecule has 1 aliphatic rings. The average Bonchev–Trinajstić information content (AvgIpc) is 2.77. The van der Waals surface area contributed by atoms with Crippen molar-refractivity contribution in [3.05, 3.63) is 11.6 Å². The van der Waals surface area contributed by atoms with Crippen molar-refractivity contribution >= 4 is 0 Å². The first-order valence-corrected chi connectivity index (χ1v) is 5.35. The Labute approximate surface area is 95.1 Å². The third kappa shape index (κ3) is 1.64. The molecule has 0 amide bonds. The van der Waals surface area contributed by atoms with E-state index in [0.29, 0.717) is 17.2 Å². The number of aryl methyl sites for hydroxylation is 1. The van der Waals surface area contributed by atoms with E-state index in [1.165, 1.54) is 0 Å². The Balaban J connectivity index is 2.53. The molecule has 4 nitrogen and oxygen atoms in total. The monoisotopic (exact) mass is 224 g/mol. The predicted molar refractivity (Wildman–Crippen MR) is 59.7 cm³/mol. The molecule has 4 heteroatoms. The topological polar surface area (TPSA) is 36.9 Å². The maximum atomic E-state index is 5.42. The summed E-state index contributed by atoms with van der Waals surface area (Å²) in [5.74, 6) is 2.76. The van der Waals surface area contributed by atoms with E-state index in [1.807, 2.05) is 6.07 Å². The van der Waals surface area contributed by atoms with Gasteiger partial charge in [0.05, 0.1) is 14.2 Å². The first kappa shape index (κ1) is 10.9. The van der Waals surface area contributed by atoms with Gasteiger partial charge >= 0.3 is 0 Å². The number of rotatable bonds is 4. The van der Waals surface area contributed by atoms with Crippen molar-refractivity contribution < 1.29 is 18.9 Å². The molecular weight excluding hydrogens is 208 g/mol. The smallest absolute Gasteiger partial charge is 0.231 e. The second-order valence-corrected chi connectivity index (χ2v) is 3.59. The summed E-state index contributed by atoms with van der Waals surface area (Å²) in [6.07, 6.45) is 1.97. The largest absolute Gasteiger partial charge is 0.493 e. The number of hydrogen-bond donors (Lipinski definition) is 0. The highest BCUT2D eigenvalue weighted by atomic mass is 16.7. The summed E-state index contributed by atoms with van der Waals surface area (Å²) in [7, 11) is 3.27. The third-order valence-electron chi connectivity index (χ3n) is 2.58. The Morgan fingerprint density at radius 2 is 1.94 bits per heavy atom. The lowest BCUT2D eigenvalue weighted by Crippen LogP contribution is -1.96. The van der Waals surface area contributed by atoms with Crippen molar-refractivity contribution in [3.63, 3.8) is 0 Å². The van der Waals surface area contributed by atoms with Gasteiger partial charge in [0, 0.05) is 5.56 Å². The minimum absolute atomic E-state index is 0.220. The lowest BCUT2D eigenvalue weighted by molar-refractivity contribution is 0.168. The van der Waals surface area contributed by atoms with Gasteiger partial charge in [0.15, 0.2) is 11.5 Å². The SMILES string of the molecule is CCCc1cc(OC)c2c(c1OC)OCO2. The van der Waals surface area contributed by atoms with Crippen molar-refractivity contribution in [1.82, 2.24) is 0 Å². The van der Waals surface area contributed by atoms with Crippen LogP contribution in [-0.2, 0) is 6.42 Å². The van der Waals surface area contributed by atoms with Crippen LogP contribution in [0.25, 0.3) is 0 Å². The van der Waals surface area contributed by atoms with Crippen molar-refractivity contribution in [2.24, 2.45) is 0 Å². The molecule has 0 saturated carbocycles. The molecule has 16 heavy (non-hydrogen) atoms. The zero-order valence-electron chi connectivity index (χ0n) is 9.83. The maximum absolute atomic E-state index is 5.42. The van der Waals surface area contributed by atoms with Crippen LogP contribution in [0.3, 0.4) is 0 Å². The van der Waals surface area contributed by atoms with E-state index in [0.717, 1.165) is 24.2 Å². The fourth-order valence-electron chi connectivity index (χ4n) is 1.90. The van der Waals surface area contributed by atoms with Crippen molar-refractivity contribution in [1.29, 1.82) is 0 Å². The summed E-state index contributed by atoms with van der Waals surface area (Å²) in [5.41, 5.74) is 1.09. The number of hydrogen-bond acceptors (Lipinski definition) is 4. The number of benzene rings is 1. The van der Waals surface area contributed by atoms with E-state index >= 15 is 0 Å².